The van der Waals surface area contributed by atoms with E-state index in [-0.39, 0.29) is 23.0 Å². The molecule has 0 radical (unpaired) electrons. The third kappa shape index (κ3) is 6.52. The Morgan fingerprint density at radius 1 is 1.15 bits per heavy atom. The minimum absolute atomic E-state index is 0.0736. The smallest absolute Gasteiger partial charge is 0.264 e. The van der Waals surface area contributed by atoms with Gasteiger partial charge in [-0.3, -0.25) is 10.1 Å². The largest absolute Gasteiger partial charge is 0.496 e. The Kier molecular flexibility index (Phi) is 7.21. The van der Waals surface area contributed by atoms with Gasteiger partial charge in [0, 0.05) is 5.69 Å². The predicted octanol–water partition coefficient (Wildman–Crippen LogP) is 4.65. The van der Waals surface area contributed by atoms with Crippen molar-refractivity contribution in [1.82, 2.24) is 5.32 Å². The molecule has 2 N–H and O–H groups in total. The Morgan fingerprint density at radius 3 is 2.37 bits per heavy atom. The van der Waals surface area contributed by atoms with Gasteiger partial charge in [-0.2, -0.15) is 0 Å². The highest BCUT2D eigenvalue weighted by molar-refractivity contribution is 9.10. The molecule has 0 saturated heterocycles. The quantitative estimate of drug-likeness (QED) is 0.649. The van der Waals surface area contributed by atoms with Crippen molar-refractivity contribution >= 4 is 44.9 Å². The first-order chi connectivity index (χ1) is 12.7. The number of nitrogens with one attached hydrogen (secondary N) is 2. The molecule has 0 spiro atoms. The summed E-state index contributed by atoms with van der Waals surface area (Å²) in [5.74, 6) is 1.01. The van der Waals surface area contributed by atoms with Gasteiger partial charge in [-0.15, -0.1) is 0 Å². The van der Waals surface area contributed by atoms with Crippen LogP contribution in [0.5, 0.6) is 11.5 Å². The Bertz CT molecular complexity index is 817. The molecule has 2 rings (SSSR count). The summed E-state index contributed by atoms with van der Waals surface area (Å²) in [6, 6.07) is 13.1. The third-order valence-electron chi connectivity index (χ3n) is 3.75. The van der Waals surface area contributed by atoms with Crippen LogP contribution in [-0.2, 0) is 10.2 Å². The van der Waals surface area contributed by atoms with E-state index in [2.05, 4.69) is 47.3 Å². The molecule has 0 bridgehead atoms. The summed E-state index contributed by atoms with van der Waals surface area (Å²) in [6.07, 6.45) is 0. The molecule has 0 fully saturated rings. The van der Waals surface area contributed by atoms with Crippen molar-refractivity contribution in [1.29, 1.82) is 0 Å². The maximum Gasteiger partial charge on any atom is 0.264 e. The fraction of sp³-hybridized carbons (Fsp3) is 0.300. The molecule has 0 aliphatic carbocycles. The summed E-state index contributed by atoms with van der Waals surface area (Å²) < 4.78 is 11.5. The van der Waals surface area contributed by atoms with Crippen LogP contribution in [0, 0.1) is 0 Å². The molecule has 2 aromatic carbocycles. The topological polar surface area (TPSA) is 59.6 Å². The summed E-state index contributed by atoms with van der Waals surface area (Å²) in [7, 11) is 1.59. The number of anilines is 1. The summed E-state index contributed by atoms with van der Waals surface area (Å²) in [4.78, 5) is 12.0. The number of benzene rings is 2. The van der Waals surface area contributed by atoms with Gasteiger partial charge in [0.2, 0.25) is 0 Å². The van der Waals surface area contributed by atoms with Gasteiger partial charge >= 0.3 is 0 Å². The summed E-state index contributed by atoms with van der Waals surface area (Å²) in [6.45, 7) is 6.31. The van der Waals surface area contributed by atoms with E-state index in [1.165, 1.54) is 5.56 Å². The standard InChI is InChI=1S/C20H23BrN2O3S/c1-20(2,3)13-5-8-15(9-6-13)26-12-18(24)23-19(27)22-14-7-10-17(25-4)16(21)11-14/h5-11H,12H2,1-4H3,(H2,22,23,24,27). The fourth-order valence-electron chi connectivity index (χ4n) is 2.27. The van der Waals surface area contributed by atoms with E-state index in [4.69, 9.17) is 21.7 Å². The van der Waals surface area contributed by atoms with Crippen molar-refractivity contribution in [3.63, 3.8) is 0 Å². The summed E-state index contributed by atoms with van der Waals surface area (Å²) in [5.41, 5.74) is 2.01. The lowest BCUT2D eigenvalue weighted by Crippen LogP contribution is -2.37. The van der Waals surface area contributed by atoms with Crippen molar-refractivity contribution in [2.75, 3.05) is 19.0 Å². The van der Waals surface area contributed by atoms with Crippen LogP contribution in [0.3, 0.4) is 0 Å². The van der Waals surface area contributed by atoms with Crippen molar-refractivity contribution in [2.45, 2.75) is 26.2 Å². The third-order valence-corrected chi connectivity index (χ3v) is 4.58. The molecular formula is C20H23BrN2O3S. The molecule has 0 unspecified atom stereocenters. The average Bonchev–Trinajstić information content (AvgIpc) is 2.59. The summed E-state index contributed by atoms with van der Waals surface area (Å²) in [5, 5.41) is 5.74. The molecule has 27 heavy (non-hydrogen) atoms. The number of thiocarbonyl (C=S) groups is 1. The van der Waals surface area contributed by atoms with Crippen molar-refractivity contribution in [3.05, 3.63) is 52.5 Å². The molecule has 0 atom stereocenters. The Labute approximate surface area is 173 Å². The van der Waals surface area contributed by atoms with Gasteiger partial charge in [-0.1, -0.05) is 32.9 Å². The van der Waals surface area contributed by atoms with Gasteiger partial charge < -0.3 is 14.8 Å². The highest BCUT2D eigenvalue weighted by Gasteiger charge is 2.13. The second-order valence-corrected chi connectivity index (χ2v) is 8.18. The van der Waals surface area contributed by atoms with E-state index < -0.39 is 0 Å². The highest BCUT2D eigenvalue weighted by atomic mass is 79.9. The number of ether oxygens (including phenoxy) is 2. The number of hydrogen-bond acceptors (Lipinski definition) is 4. The monoisotopic (exact) mass is 450 g/mol. The molecule has 2 aromatic rings. The number of carbonyl (C=O) groups excluding carboxylic acids is 1. The van der Waals surface area contributed by atoms with Gasteiger partial charge in [-0.05, 0) is 69.5 Å². The normalized spacial score (nSPS) is 10.9. The molecule has 7 heteroatoms. The number of amides is 1. The van der Waals surface area contributed by atoms with E-state index in [1.807, 2.05) is 30.3 Å². The minimum atomic E-state index is -0.333. The van der Waals surface area contributed by atoms with Gasteiger partial charge in [-0.25, -0.2) is 0 Å². The van der Waals surface area contributed by atoms with E-state index in [0.717, 1.165) is 10.2 Å². The Balaban J connectivity index is 1.83. The maximum absolute atomic E-state index is 12.0. The molecule has 0 heterocycles. The van der Waals surface area contributed by atoms with Crippen molar-refractivity contribution < 1.29 is 14.3 Å². The maximum atomic E-state index is 12.0. The summed E-state index contributed by atoms with van der Waals surface area (Å²) >= 11 is 8.56. The molecule has 144 valence electrons. The predicted molar refractivity (Wildman–Crippen MR) is 116 cm³/mol. The lowest BCUT2D eigenvalue weighted by Gasteiger charge is -2.19. The molecule has 0 aliphatic heterocycles. The molecule has 0 aromatic heterocycles. The van der Waals surface area contributed by atoms with Crippen LogP contribution < -0.4 is 20.1 Å². The lowest BCUT2D eigenvalue weighted by atomic mass is 9.87. The first-order valence-electron chi connectivity index (χ1n) is 8.37. The van der Waals surface area contributed by atoms with E-state index in [9.17, 15) is 4.79 Å². The fourth-order valence-corrected chi connectivity index (χ4v) is 3.04. The first-order valence-corrected chi connectivity index (χ1v) is 9.57. The van der Waals surface area contributed by atoms with Gasteiger partial charge in [0.1, 0.15) is 11.5 Å². The molecular weight excluding hydrogens is 428 g/mol. The Morgan fingerprint density at radius 2 is 1.81 bits per heavy atom. The van der Waals surface area contributed by atoms with Crippen LogP contribution in [0.15, 0.2) is 46.9 Å². The number of carbonyl (C=O) groups is 1. The second kappa shape index (κ2) is 9.19. The zero-order chi connectivity index (χ0) is 20.0. The van der Waals surface area contributed by atoms with E-state index >= 15 is 0 Å². The van der Waals surface area contributed by atoms with Crippen LogP contribution in [-0.4, -0.2) is 24.7 Å². The van der Waals surface area contributed by atoms with Crippen molar-refractivity contribution in [3.8, 4) is 11.5 Å². The second-order valence-electron chi connectivity index (χ2n) is 6.91. The minimum Gasteiger partial charge on any atom is -0.496 e. The number of halogens is 1. The SMILES string of the molecule is COc1ccc(NC(=S)NC(=O)COc2ccc(C(C)(C)C)cc2)cc1Br. The van der Waals surface area contributed by atoms with Gasteiger partial charge in [0.15, 0.2) is 11.7 Å². The van der Waals surface area contributed by atoms with E-state index in [1.54, 1.807) is 19.2 Å². The van der Waals surface area contributed by atoms with Crippen LogP contribution in [0.1, 0.15) is 26.3 Å². The number of hydrogen-bond donors (Lipinski definition) is 2. The Hall–Kier alpha value is -2.12. The lowest BCUT2D eigenvalue weighted by molar-refractivity contribution is -0.121. The molecule has 5 nitrogen and oxygen atoms in total. The van der Waals surface area contributed by atoms with Crippen LogP contribution in [0.2, 0.25) is 0 Å². The van der Waals surface area contributed by atoms with Crippen molar-refractivity contribution in [2.24, 2.45) is 0 Å². The van der Waals surface area contributed by atoms with E-state index in [0.29, 0.717) is 11.5 Å². The number of methoxy groups -OCH3 is 1. The van der Waals surface area contributed by atoms with Crippen LogP contribution >= 0.6 is 28.1 Å². The zero-order valence-corrected chi connectivity index (χ0v) is 18.2. The average molecular weight is 451 g/mol. The molecule has 1 amide bonds. The molecule has 0 saturated carbocycles. The van der Waals surface area contributed by atoms with Crippen LogP contribution in [0.25, 0.3) is 0 Å². The van der Waals surface area contributed by atoms with Crippen LogP contribution in [0.4, 0.5) is 5.69 Å². The van der Waals surface area contributed by atoms with Gasteiger partial charge in [0.25, 0.3) is 5.91 Å². The first kappa shape index (κ1) is 21.2. The zero-order valence-electron chi connectivity index (χ0n) is 15.8. The van der Waals surface area contributed by atoms with Gasteiger partial charge in [0.05, 0.1) is 11.6 Å². The highest BCUT2D eigenvalue weighted by Crippen LogP contribution is 2.27. The molecule has 0 aliphatic rings. The number of rotatable bonds is 5.